The second-order valence-corrected chi connectivity index (χ2v) is 5.84. The van der Waals surface area contributed by atoms with Gasteiger partial charge in [0, 0.05) is 6.42 Å². The molecule has 1 saturated heterocycles. The van der Waals surface area contributed by atoms with E-state index in [1.54, 1.807) is 24.3 Å². The second kappa shape index (κ2) is 7.26. The van der Waals surface area contributed by atoms with Gasteiger partial charge in [0.05, 0.1) is 19.1 Å². The molecule has 0 bridgehead atoms. The van der Waals surface area contributed by atoms with Gasteiger partial charge in [-0.25, -0.2) is 9.69 Å². The van der Waals surface area contributed by atoms with Crippen LogP contribution in [0.2, 0.25) is 0 Å². The number of hydrogen-bond acceptors (Lipinski definition) is 5. The van der Waals surface area contributed by atoms with Crippen LogP contribution in [0.4, 0.5) is 4.79 Å². The Balaban J connectivity index is 2.20. The Morgan fingerprint density at radius 2 is 1.96 bits per heavy atom. The lowest BCUT2D eigenvalue weighted by molar-refractivity contribution is -0.145. The Morgan fingerprint density at radius 1 is 1.30 bits per heavy atom. The molecule has 1 aliphatic heterocycles. The molecule has 0 saturated carbocycles. The van der Waals surface area contributed by atoms with Gasteiger partial charge in [-0.3, -0.25) is 9.59 Å². The minimum Gasteiger partial charge on any atom is -0.469 e. The number of hydrogen-bond donors (Lipinski definition) is 0. The lowest BCUT2D eigenvalue weighted by Gasteiger charge is -2.24. The summed E-state index contributed by atoms with van der Waals surface area (Å²) in [5.74, 6) is -1.59. The first-order valence-corrected chi connectivity index (χ1v) is 7.57. The fourth-order valence-corrected chi connectivity index (χ4v) is 2.65. The van der Waals surface area contributed by atoms with Gasteiger partial charge < -0.3 is 9.47 Å². The number of esters is 1. The molecule has 1 aliphatic rings. The van der Waals surface area contributed by atoms with E-state index in [0.717, 1.165) is 4.90 Å². The molecule has 0 unspecified atom stereocenters. The molecule has 124 valence electrons. The van der Waals surface area contributed by atoms with Crippen molar-refractivity contribution in [2.75, 3.05) is 13.7 Å². The van der Waals surface area contributed by atoms with Crippen LogP contribution in [0.1, 0.15) is 31.7 Å². The highest BCUT2D eigenvalue weighted by molar-refractivity contribution is 5.96. The Kier molecular flexibility index (Phi) is 5.36. The standard InChI is InChI=1S/C17H21NO5/c1-11(2)14-10-23-17(21)18(14)15(19)9-13(16(20)22-3)12-7-5-4-6-8-12/h4-8,11,13-14H,9-10H2,1-3H3/t13-,14+/m0/s1. The van der Waals surface area contributed by atoms with Crippen molar-refractivity contribution in [3.8, 4) is 0 Å². The number of carbonyl (C=O) groups excluding carboxylic acids is 3. The van der Waals surface area contributed by atoms with Crippen LogP contribution in [-0.4, -0.2) is 42.6 Å². The number of rotatable bonds is 5. The zero-order valence-electron chi connectivity index (χ0n) is 13.5. The third-order valence-electron chi connectivity index (χ3n) is 4.01. The first-order valence-electron chi connectivity index (χ1n) is 7.57. The number of imide groups is 1. The maximum absolute atomic E-state index is 12.6. The van der Waals surface area contributed by atoms with Crippen molar-refractivity contribution in [2.24, 2.45) is 5.92 Å². The van der Waals surface area contributed by atoms with Crippen LogP contribution in [0.25, 0.3) is 0 Å². The van der Waals surface area contributed by atoms with Crippen LogP contribution in [0.5, 0.6) is 0 Å². The van der Waals surface area contributed by atoms with E-state index in [-0.39, 0.29) is 25.0 Å². The highest BCUT2D eigenvalue weighted by atomic mass is 16.6. The normalized spacial score (nSPS) is 18.7. The molecule has 1 fully saturated rings. The summed E-state index contributed by atoms with van der Waals surface area (Å²) in [5, 5.41) is 0. The van der Waals surface area contributed by atoms with Gasteiger partial charge >= 0.3 is 12.1 Å². The number of amides is 2. The molecule has 23 heavy (non-hydrogen) atoms. The minimum atomic E-state index is -0.741. The van der Waals surface area contributed by atoms with E-state index < -0.39 is 23.9 Å². The average molecular weight is 319 g/mol. The minimum absolute atomic E-state index is 0.0821. The van der Waals surface area contributed by atoms with E-state index in [1.807, 2.05) is 19.9 Å². The molecular formula is C17H21NO5. The molecule has 2 rings (SSSR count). The van der Waals surface area contributed by atoms with Gasteiger partial charge in [-0.05, 0) is 11.5 Å². The van der Waals surface area contributed by atoms with Crippen LogP contribution in [-0.2, 0) is 19.1 Å². The van der Waals surface area contributed by atoms with Crippen molar-refractivity contribution >= 4 is 18.0 Å². The Morgan fingerprint density at radius 3 is 2.52 bits per heavy atom. The van der Waals surface area contributed by atoms with Crippen LogP contribution in [0, 0.1) is 5.92 Å². The van der Waals surface area contributed by atoms with Gasteiger partial charge in [-0.2, -0.15) is 0 Å². The summed E-state index contributed by atoms with van der Waals surface area (Å²) >= 11 is 0. The van der Waals surface area contributed by atoms with Crippen molar-refractivity contribution in [2.45, 2.75) is 32.2 Å². The molecule has 0 radical (unpaired) electrons. The zero-order valence-corrected chi connectivity index (χ0v) is 13.5. The first-order chi connectivity index (χ1) is 11.0. The molecular weight excluding hydrogens is 298 g/mol. The molecule has 6 heteroatoms. The molecule has 0 N–H and O–H groups in total. The van der Waals surface area contributed by atoms with E-state index >= 15 is 0 Å². The molecule has 0 aliphatic carbocycles. The van der Waals surface area contributed by atoms with Gasteiger partial charge in [0.1, 0.15) is 6.61 Å². The maximum atomic E-state index is 12.6. The number of ether oxygens (including phenoxy) is 2. The highest BCUT2D eigenvalue weighted by Crippen LogP contribution is 2.26. The number of nitrogens with zero attached hydrogens (tertiary/aromatic N) is 1. The Labute approximate surface area is 135 Å². The SMILES string of the molecule is COC(=O)[C@@H](CC(=O)N1C(=O)OC[C@@H]1C(C)C)c1ccccc1. The molecule has 2 atom stereocenters. The molecule has 0 aromatic heterocycles. The summed E-state index contributed by atoms with van der Waals surface area (Å²) in [6, 6.07) is 8.62. The van der Waals surface area contributed by atoms with Crippen LogP contribution < -0.4 is 0 Å². The third kappa shape index (κ3) is 3.70. The fourth-order valence-electron chi connectivity index (χ4n) is 2.65. The van der Waals surface area contributed by atoms with Crippen LogP contribution >= 0.6 is 0 Å². The number of benzene rings is 1. The number of methoxy groups -OCH3 is 1. The molecule has 6 nitrogen and oxygen atoms in total. The van der Waals surface area contributed by atoms with Crippen LogP contribution in [0.3, 0.4) is 0 Å². The summed E-state index contributed by atoms with van der Waals surface area (Å²) in [4.78, 5) is 37.6. The van der Waals surface area contributed by atoms with E-state index in [0.29, 0.717) is 5.56 Å². The van der Waals surface area contributed by atoms with Crippen molar-refractivity contribution in [1.29, 1.82) is 0 Å². The molecule has 1 aromatic carbocycles. The predicted octanol–water partition coefficient (Wildman–Crippen LogP) is 2.34. The van der Waals surface area contributed by atoms with Gasteiger partial charge in [0.25, 0.3) is 0 Å². The Hall–Kier alpha value is -2.37. The largest absolute Gasteiger partial charge is 0.469 e. The third-order valence-corrected chi connectivity index (χ3v) is 4.01. The summed E-state index contributed by atoms with van der Waals surface area (Å²) in [7, 11) is 1.28. The van der Waals surface area contributed by atoms with E-state index in [1.165, 1.54) is 7.11 Å². The summed E-state index contributed by atoms with van der Waals surface area (Å²) < 4.78 is 9.79. The quantitative estimate of drug-likeness (QED) is 0.779. The average Bonchev–Trinajstić information content (AvgIpc) is 2.94. The monoisotopic (exact) mass is 319 g/mol. The lowest BCUT2D eigenvalue weighted by Crippen LogP contribution is -2.42. The maximum Gasteiger partial charge on any atom is 0.416 e. The fraction of sp³-hybridized carbons (Fsp3) is 0.471. The molecule has 1 heterocycles. The highest BCUT2D eigenvalue weighted by Gasteiger charge is 2.41. The van der Waals surface area contributed by atoms with Crippen molar-refractivity contribution < 1.29 is 23.9 Å². The number of cyclic esters (lactones) is 1. The summed E-state index contributed by atoms with van der Waals surface area (Å²) in [5.41, 5.74) is 0.682. The van der Waals surface area contributed by atoms with E-state index in [2.05, 4.69) is 0 Å². The smallest absolute Gasteiger partial charge is 0.416 e. The Bertz CT molecular complexity index is 584. The molecule has 0 spiro atoms. The van der Waals surface area contributed by atoms with E-state index in [9.17, 15) is 14.4 Å². The van der Waals surface area contributed by atoms with Gasteiger partial charge in [0.15, 0.2) is 0 Å². The molecule has 1 aromatic rings. The van der Waals surface area contributed by atoms with Gasteiger partial charge in [-0.15, -0.1) is 0 Å². The lowest BCUT2D eigenvalue weighted by atomic mass is 9.94. The van der Waals surface area contributed by atoms with Crippen molar-refractivity contribution in [1.82, 2.24) is 4.90 Å². The molecule has 2 amide bonds. The first kappa shape index (κ1) is 17.0. The predicted molar refractivity (Wildman–Crippen MR) is 82.6 cm³/mol. The summed E-state index contributed by atoms with van der Waals surface area (Å²) in [6.07, 6.45) is -0.778. The van der Waals surface area contributed by atoms with Gasteiger partial charge in [0.2, 0.25) is 5.91 Å². The summed E-state index contributed by atoms with van der Waals surface area (Å²) in [6.45, 7) is 4.03. The topological polar surface area (TPSA) is 72.9 Å². The second-order valence-electron chi connectivity index (χ2n) is 5.84. The van der Waals surface area contributed by atoms with Crippen molar-refractivity contribution in [3.05, 3.63) is 35.9 Å². The van der Waals surface area contributed by atoms with E-state index in [4.69, 9.17) is 9.47 Å². The number of carbonyl (C=O) groups is 3. The van der Waals surface area contributed by atoms with Gasteiger partial charge in [-0.1, -0.05) is 44.2 Å². The van der Waals surface area contributed by atoms with Crippen molar-refractivity contribution in [3.63, 3.8) is 0 Å². The zero-order chi connectivity index (χ0) is 17.0. The van der Waals surface area contributed by atoms with Crippen LogP contribution in [0.15, 0.2) is 30.3 Å².